The molecule has 0 radical (unpaired) electrons. The first-order chi connectivity index (χ1) is 17.7. The molecule has 0 spiro atoms. The highest BCUT2D eigenvalue weighted by molar-refractivity contribution is 6.30. The SMILES string of the molecule is COc1ccc([C@H]2C[C@@H](c3nc4c(=O)n(C)c(C)nc4n(-c4c(F)cc(Cl)cc4F)c3=O)CCO2)cn1. The maximum absolute atomic E-state index is 15.1. The van der Waals surface area contributed by atoms with Gasteiger partial charge in [0.1, 0.15) is 17.2 Å². The van der Waals surface area contributed by atoms with Crippen LogP contribution in [0.1, 0.15) is 41.9 Å². The lowest BCUT2D eigenvalue weighted by molar-refractivity contribution is 0.00421. The van der Waals surface area contributed by atoms with E-state index in [1.165, 1.54) is 18.7 Å². The van der Waals surface area contributed by atoms with Crippen molar-refractivity contribution in [3.63, 3.8) is 0 Å². The number of methoxy groups -OCH3 is 1. The van der Waals surface area contributed by atoms with E-state index in [2.05, 4.69) is 15.0 Å². The molecular weight excluding hydrogens is 508 g/mol. The van der Waals surface area contributed by atoms with Gasteiger partial charge < -0.3 is 9.47 Å². The van der Waals surface area contributed by atoms with E-state index >= 15 is 8.78 Å². The Hall–Kier alpha value is -3.70. The standard InChI is InChI=1S/C25H22ClF2N5O4/c1-12-30-23-21(24(34)32(12)2)31-20(25(35)33(23)22-16(27)9-15(26)10-17(22)28)13-6-7-37-18(8-13)14-4-5-19(36-3)29-11-14/h4-5,9-11,13,18H,6-8H2,1-3H3/t13-,18+/m0/s1. The number of fused-ring (bicyclic) bond motifs is 1. The smallest absolute Gasteiger partial charge is 0.281 e. The zero-order chi connectivity index (χ0) is 26.4. The molecule has 5 rings (SSSR count). The molecule has 0 amide bonds. The van der Waals surface area contributed by atoms with Gasteiger partial charge in [-0.2, -0.15) is 0 Å². The summed E-state index contributed by atoms with van der Waals surface area (Å²) in [6.07, 6.45) is 1.97. The number of ether oxygens (including phenoxy) is 2. The summed E-state index contributed by atoms with van der Waals surface area (Å²) in [5, 5.41) is -0.175. The molecule has 4 heterocycles. The lowest BCUT2D eigenvalue weighted by atomic mass is 9.90. The second kappa shape index (κ2) is 9.64. The van der Waals surface area contributed by atoms with E-state index < -0.39 is 40.5 Å². The molecular formula is C25H22ClF2N5O4. The number of halogens is 3. The Morgan fingerprint density at radius 3 is 2.51 bits per heavy atom. The third-order valence-electron chi connectivity index (χ3n) is 6.55. The van der Waals surface area contributed by atoms with Crippen molar-refractivity contribution in [2.45, 2.75) is 31.8 Å². The van der Waals surface area contributed by atoms with Crippen LogP contribution < -0.4 is 15.9 Å². The van der Waals surface area contributed by atoms with Crippen LogP contribution in [0.25, 0.3) is 16.9 Å². The van der Waals surface area contributed by atoms with Gasteiger partial charge in [-0.3, -0.25) is 18.7 Å². The van der Waals surface area contributed by atoms with Crippen LogP contribution in [0.15, 0.2) is 40.1 Å². The summed E-state index contributed by atoms with van der Waals surface area (Å²) in [7, 11) is 3.02. The van der Waals surface area contributed by atoms with Gasteiger partial charge in [-0.05, 0) is 43.5 Å². The number of hydrogen-bond donors (Lipinski definition) is 0. The molecule has 0 aliphatic carbocycles. The van der Waals surface area contributed by atoms with Crippen molar-refractivity contribution in [1.82, 2.24) is 24.1 Å². The first-order valence-electron chi connectivity index (χ1n) is 11.5. The number of aryl methyl sites for hydroxylation is 1. The molecule has 12 heteroatoms. The monoisotopic (exact) mass is 529 g/mol. The topological polar surface area (TPSA) is 101 Å². The van der Waals surface area contributed by atoms with Crippen molar-refractivity contribution in [1.29, 1.82) is 0 Å². The van der Waals surface area contributed by atoms with Crippen LogP contribution in [-0.2, 0) is 11.8 Å². The lowest BCUT2D eigenvalue weighted by Gasteiger charge is -2.29. The van der Waals surface area contributed by atoms with Crippen LogP contribution in [0.2, 0.25) is 5.02 Å². The van der Waals surface area contributed by atoms with Crippen LogP contribution in [0.4, 0.5) is 8.78 Å². The molecule has 2 atom stereocenters. The quantitative estimate of drug-likeness (QED) is 0.397. The van der Waals surface area contributed by atoms with Gasteiger partial charge >= 0.3 is 0 Å². The summed E-state index contributed by atoms with van der Waals surface area (Å²) in [6, 6.07) is 5.31. The Kier molecular flexibility index (Phi) is 6.50. The molecule has 1 aliphatic rings. The second-order valence-electron chi connectivity index (χ2n) is 8.77. The van der Waals surface area contributed by atoms with E-state index in [1.54, 1.807) is 19.2 Å². The van der Waals surface area contributed by atoms with E-state index in [4.69, 9.17) is 21.1 Å². The van der Waals surface area contributed by atoms with Gasteiger partial charge in [0.05, 0.1) is 13.2 Å². The third-order valence-corrected chi connectivity index (χ3v) is 6.77. The molecule has 1 fully saturated rings. The summed E-state index contributed by atoms with van der Waals surface area (Å²) in [6.45, 7) is 1.85. The Morgan fingerprint density at radius 1 is 1.14 bits per heavy atom. The first-order valence-corrected chi connectivity index (χ1v) is 11.8. The molecule has 0 bridgehead atoms. The number of aromatic nitrogens is 5. The predicted octanol–water partition coefficient (Wildman–Crippen LogP) is 3.76. The van der Waals surface area contributed by atoms with Gasteiger partial charge in [-0.1, -0.05) is 11.6 Å². The maximum atomic E-state index is 15.1. The highest BCUT2D eigenvalue weighted by Gasteiger charge is 2.31. The normalized spacial score (nSPS) is 17.8. The molecule has 1 saturated heterocycles. The average Bonchev–Trinajstić information content (AvgIpc) is 2.88. The molecule has 0 unspecified atom stereocenters. The Labute approximate surface area is 214 Å². The van der Waals surface area contributed by atoms with Crippen molar-refractivity contribution >= 4 is 22.8 Å². The minimum Gasteiger partial charge on any atom is -0.481 e. The second-order valence-corrected chi connectivity index (χ2v) is 9.20. The summed E-state index contributed by atoms with van der Waals surface area (Å²) >= 11 is 5.81. The highest BCUT2D eigenvalue weighted by Crippen LogP contribution is 2.36. The lowest BCUT2D eigenvalue weighted by Crippen LogP contribution is -2.34. The van der Waals surface area contributed by atoms with Crippen LogP contribution in [0, 0.1) is 18.6 Å². The highest BCUT2D eigenvalue weighted by atomic mass is 35.5. The summed E-state index contributed by atoms with van der Waals surface area (Å²) in [5.41, 5.74) is -1.64. The van der Waals surface area contributed by atoms with Crippen molar-refractivity contribution < 1.29 is 18.3 Å². The van der Waals surface area contributed by atoms with E-state index in [0.717, 1.165) is 22.3 Å². The van der Waals surface area contributed by atoms with Gasteiger partial charge in [0.15, 0.2) is 22.8 Å². The van der Waals surface area contributed by atoms with E-state index in [-0.39, 0.29) is 27.7 Å². The number of benzene rings is 1. The van der Waals surface area contributed by atoms with Gasteiger partial charge in [-0.15, -0.1) is 0 Å². The maximum Gasteiger partial charge on any atom is 0.281 e. The average molecular weight is 530 g/mol. The third kappa shape index (κ3) is 4.38. The number of nitrogens with zero attached hydrogens (tertiary/aromatic N) is 5. The zero-order valence-corrected chi connectivity index (χ0v) is 20.9. The largest absolute Gasteiger partial charge is 0.481 e. The van der Waals surface area contributed by atoms with Crippen LogP contribution in [0.5, 0.6) is 5.88 Å². The van der Waals surface area contributed by atoms with Crippen LogP contribution in [-0.4, -0.2) is 37.8 Å². The molecule has 0 saturated carbocycles. The fourth-order valence-electron chi connectivity index (χ4n) is 4.52. The molecule has 1 aliphatic heterocycles. The summed E-state index contributed by atoms with van der Waals surface area (Å²) in [4.78, 5) is 39.9. The number of hydrogen-bond acceptors (Lipinski definition) is 7. The van der Waals surface area contributed by atoms with Crippen LogP contribution >= 0.6 is 11.6 Å². The van der Waals surface area contributed by atoms with Gasteiger partial charge in [0, 0.05) is 36.9 Å². The number of rotatable bonds is 4. The van der Waals surface area contributed by atoms with Gasteiger partial charge in [-0.25, -0.2) is 23.7 Å². The van der Waals surface area contributed by atoms with Crippen molar-refractivity contribution in [3.05, 3.63) is 84.9 Å². The zero-order valence-electron chi connectivity index (χ0n) is 20.2. The van der Waals surface area contributed by atoms with Gasteiger partial charge in [0.25, 0.3) is 11.1 Å². The van der Waals surface area contributed by atoms with Crippen LogP contribution in [0.3, 0.4) is 0 Å². The van der Waals surface area contributed by atoms with E-state index in [1.807, 2.05) is 6.07 Å². The van der Waals surface area contributed by atoms with E-state index in [9.17, 15) is 9.59 Å². The summed E-state index contributed by atoms with van der Waals surface area (Å²) < 4.78 is 43.2. The fraction of sp³-hybridized carbons (Fsp3) is 0.320. The molecule has 4 aromatic rings. The Bertz CT molecular complexity index is 1610. The minimum absolute atomic E-state index is 0.00114. The Morgan fingerprint density at radius 2 is 1.86 bits per heavy atom. The Balaban J connectivity index is 1.71. The molecule has 3 aromatic heterocycles. The molecule has 1 aromatic carbocycles. The molecule has 0 N–H and O–H groups in total. The minimum atomic E-state index is -1.07. The number of pyridine rings is 1. The van der Waals surface area contributed by atoms with Crippen molar-refractivity contribution in [2.24, 2.45) is 7.05 Å². The van der Waals surface area contributed by atoms with Crippen molar-refractivity contribution in [2.75, 3.05) is 13.7 Å². The van der Waals surface area contributed by atoms with E-state index in [0.29, 0.717) is 25.3 Å². The fourth-order valence-corrected chi connectivity index (χ4v) is 4.71. The van der Waals surface area contributed by atoms with Gasteiger partial charge in [0.2, 0.25) is 5.88 Å². The molecule has 192 valence electrons. The predicted molar refractivity (Wildman–Crippen MR) is 131 cm³/mol. The first kappa shape index (κ1) is 25.0. The van der Waals surface area contributed by atoms with Crippen molar-refractivity contribution in [3.8, 4) is 11.6 Å². The summed E-state index contributed by atoms with van der Waals surface area (Å²) in [5.74, 6) is -1.91. The molecule has 37 heavy (non-hydrogen) atoms. The molecule has 9 nitrogen and oxygen atoms in total.